The first-order chi connectivity index (χ1) is 8.39. The molecule has 0 aliphatic rings. The van der Waals surface area contributed by atoms with Gasteiger partial charge in [0.1, 0.15) is 0 Å². The molecule has 0 bridgehead atoms. The van der Waals surface area contributed by atoms with Crippen molar-refractivity contribution in [2.45, 2.75) is 78.1 Å². The van der Waals surface area contributed by atoms with Gasteiger partial charge in [-0.25, -0.2) is 0 Å². The van der Waals surface area contributed by atoms with Crippen LogP contribution in [0.15, 0.2) is 24.3 Å². The van der Waals surface area contributed by atoms with Crippen molar-refractivity contribution in [1.29, 1.82) is 0 Å². The Labute approximate surface area is 118 Å². The summed E-state index contributed by atoms with van der Waals surface area (Å²) >= 11 is 0. The molecule has 0 aliphatic carbocycles. The lowest BCUT2D eigenvalue weighted by atomic mass is 10.00. The van der Waals surface area contributed by atoms with E-state index in [-0.39, 0.29) is 0 Å². The van der Waals surface area contributed by atoms with Crippen molar-refractivity contribution < 1.29 is 15.3 Å². The first kappa shape index (κ1) is 20.7. The maximum Gasteiger partial charge on any atom is 0.0800 e. The molecule has 0 saturated carbocycles. The highest BCUT2D eigenvalue weighted by atomic mass is 16.3. The van der Waals surface area contributed by atoms with E-state index in [2.05, 4.69) is 26.5 Å². The molecule has 3 N–H and O–H groups in total. The number of hydrogen-bond donors (Lipinski definition) is 3. The molecule has 114 valence electrons. The van der Waals surface area contributed by atoms with E-state index in [9.17, 15) is 5.11 Å². The molecule has 0 spiro atoms. The van der Waals surface area contributed by atoms with Crippen molar-refractivity contribution in [3.63, 3.8) is 0 Å². The Morgan fingerprint density at radius 2 is 1.68 bits per heavy atom. The molecule has 0 fully saturated rings. The molecule has 0 aromatic carbocycles. The molecule has 0 rings (SSSR count). The predicted octanol–water partition coefficient (Wildman–Crippen LogP) is 3.20. The van der Waals surface area contributed by atoms with Gasteiger partial charge in [-0.15, -0.1) is 6.58 Å². The Morgan fingerprint density at radius 1 is 1.21 bits per heavy atom. The fourth-order valence-electron chi connectivity index (χ4n) is 1.48. The highest BCUT2D eigenvalue weighted by molar-refractivity contribution is 4.97. The van der Waals surface area contributed by atoms with Crippen LogP contribution >= 0.6 is 0 Å². The standard InChI is InChI=1S/C10H18O.C6H14O2/c1-5-10(4,11)8-6-7-9(2)3;1-5(7)4-6(2,3)8/h5,7,11H,1,6,8H2,2-4H3;5,7-8H,4H2,1-3H3. The van der Waals surface area contributed by atoms with Gasteiger partial charge in [-0.3, -0.25) is 0 Å². The van der Waals surface area contributed by atoms with Crippen molar-refractivity contribution in [1.82, 2.24) is 0 Å². The molecule has 0 aromatic rings. The van der Waals surface area contributed by atoms with Crippen molar-refractivity contribution in [3.05, 3.63) is 24.3 Å². The lowest BCUT2D eigenvalue weighted by Crippen LogP contribution is -2.24. The van der Waals surface area contributed by atoms with E-state index in [1.165, 1.54) is 5.57 Å². The summed E-state index contributed by atoms with van der Waals surface area (Å²) in [7, 11) is 0. The number of aliphatic hydroxyl groups excluding tert-OH is 1. The zero-order valence-electron chi connectivity index (χ0n) is 13.4. The average molecular weight is 272 g/mol. The highest BCUT2D eigenvalue weighted by Crippen LogP contribution is 2.13. The first-order valence-electron chi connectivity index (χ1n) is 6.79. The Kier molecular flexibility index (Phi) is 10.1. The average Bonchev–Trinajstić information content (AvgIpc) is 2.13. The molecule has 0 saturated heterocycles. The summed E-state index contributed by atoms with van der Waals surface area (Å²) in [6.07, 6.45) is 5.41. The zero-order valence-corrected chi connectivity index (χ0v) is 13.4. The minimum atomic E-state index is -0.728. The number of rotatable bonds is 6. The normalized spacial score (nSPS) is 15.6. The quantitative estimate of drug-likeness (QED) is 0.651. The summed E-state index contributed by atoms with van der Waals surface area (Å²) < 4.78 is 0. The van der Waals surface area contributed by atoms with Gasteiger partial charge in [0.2, 0.25) is 0 Å². The van der Waals surface area contributed by atoms with Crippen molar-refractivity contribution in [3.8, 4) is 0 Å². The third-order valence-electron chi connectivity index (χ3n) is 2.44. The molecule has 3 nitrogen and oxygen atoms in total. The summed E-state index contributed by atoms with van der Waals surface area (Å²) in [6, 6.07) is 0. The Bertz CT molecular complexity index is 266. The third kappa shape index (κ3) is 19.9. The Morgan fingerprint density at radius 3 is 1.89 bits per heavy atom. The van der Waals surface area contributed by atoms with E-state index in [0.717, 1.165) is 12.8 Å². The van der Waals surface area contributed by atoms with Gasteiger partial charge in [0.05, 0.1) is 17.3 Å². The van der Waals surface area contributed by atoms with Gasteiger partial charge in [-0.2, -0.15) is 0 Å². The second-order valence-electron chi connectivity index (χ2n) is 6.25. The molecule has 3 heteroatoms. The van der Waals surface area contributed by atoms with Crippen LogP contribution < -0.4 is 0 Å². The number of aliphatic hydroxyl groups is 3. The van der Waals surface area contributed by atoms with Crippen LogP contribution in [0.5, 0.6) is 0 Å². The summed E-state index contributed by atoms with van der Waals surface area (Å²) in [5.74, 6) is 0. The van der Waals surface area contributed by atoms with E-state index >= 15 is 0 Å². The summed E-state index contributed by atoms with van der Waals surface area (Å²) in [5, 5.41) is 27.2. The van der Waals surface area contributed by atoms with Crippen molar-refractivity contribution in [2.24, 2.45) is 0 Å². The molecule has 0 heterocycles. The molecule has 0 aliphatic heterocycles. The summed E-state index contributed by atoms with van der Waals surface area (Å²) in [6.45, 7) is 14.5. The number of allylic oxidation sites excluding steroid dienone is 2. The lowest BCUT2D eigenvalue weighted by Gasteiger charge is -2.17. The molecule has 19 heavy (non-hydrogen) atoms. The van der Waals surface area contributed by atoms with E-state index < -0.39 is 17.3 Å². The lowest BCUT2D eigenvalue weighted by molar-refractivity contribution is 0.0248. The minimum absolute atomic E-state index is 0.407. The van der Waals surface area contributed by atoms with Gasteiger partial charge in [0.15, 0.2) is 0 Å². The van der Waals surface area contributed by atoms with E-state index in [1.807, 2.05) is 0 Å². The monoisotopic (exact) mass is 272 g/mol. The third-order valence-corrected chi connectivity index (χ3v) is 2.44. The van der Waals surface area contributed by atoms with Crippen molar-refractivity contribution >= 4 is 0 Å². The highest BCUT2D eigenvalue weighted by Gasteiger charge is 2.14. The van der Waals surface area contributed by atoms with Crippen LogP contribution in [0.1, 0.15) is 60.8 Å². The predicted molar refractivity (Wildman–Crippen MR) is 82.1 cm³/mol. The van der Waals surface area contributed by atoms with Gasteiger partial charge < -0.3 is 15.3 Å². The fraction of sp³-hybridized carbons (Fsp3) is 0.750. The molecular weight excluding hydrogens is 240 g/mol. The zero-order chi connectivity index (χ0) is 15.7. The van der Waals surface area contributed by atoms with Crippen LogP contribution in [0.4, 0.5) is 0 Å². The van der Waals surface area contributed by atoms with Gasteiger partial charge in [-0.1, -0.05) is 17.7 Å². The topological polar surface area (TPSA) is 60.7 Å². The SMILES string of the molecule is C=CC(C)(O)CCC=C(C)C.CC(O)CC(C)(C)O. The van der Waals surface area contributed by atoms with Crippen molar-refractivity contribution in [2.75, 3.05) is 0 Å². The molecule has 0 radical (unpaired) electrons. The van der Waals surface area contributed by atoms with Crippen LogP contribution in [0, 0.1) is 0 Å². The van der Waals surface area contributed by atoms with E-state index in [0.29, 0.717) is 6.42 Å². The van der Waals surface area contributed by atoms with Gasteiger partial charge in [-0.05, 0) is 54.4 Å². The van der Waals surface area contributed by atoms with Crippen LogP contribution in [-0.2, 0) is 0 Å². The van der Waals surface area contributed by atoms with E-state index in [1.54, 1.807) is 33.8 Å². The van der Waals surface area contributed by atoms with Crippen LogP contribution in [0.2, 0.25) is 0 Å². The first-order valence-corrected chi connectivity index (χ1v) is 6.79. The maximum atomic E-state index is 9.49. The Balaban J connectivity index is 0. The maximum absolute atomic E-state index is 9.49. The second-order valence-corrected chi connectivity index (χ2v) is 6.25. The molecular formula is C16H32O3. The van der Waals surface area contributed by atoms with Gasteiger partial charge >= 0.3 is 0 Å². The molecule has 2 unspecified atom stereocenters. The smallest absolute Gasteiger partial charge is 0.0800 e. The largest absolute Gasteiger partial charge is 0.393 e. The molecule has 2 atom stereocenters. The molecule has 0 aromatic heterocycles. The van der Waals surface area contributed by atoms with Crippen LogP contribution in [-0.4, -0.2) is 32.6 Å². The summed E-state index contributed by atoms with van der Waals surface area (Å²) in [4.78, 5) is 0. The Hall–Kier alpha value is -0.640. The van der Waals surface area contributed by atoms with Gasteiger partial charge in [0, 0.05) is 6.42 Å². The number of hydrogen-bond acceptors (Lipinski definition) is 3. The van der Waals surface area contributed by atoms with Crippen LogP contribution in [0.25, 0.3) is 0 Å². The summed E-state index contributed by atoms with van der Waals surface area (Å²) in [5.41, 5.74) is -0.134. The van der Waals surface area contributed by atoms with Gasteiger partial charge in [0.25, 0.3) is 0 Å². The second kappa shape index (κ2) is 9.29. The fourth-order valence-corrected chi connectivity index (χ4v) is 1.48. The van der Waals surface area contributed by atoms with E-state index in [4.69, 9.17) is 10.2 Å². The molecule has 0 amide bonds. The van der Waals surface area contributed by atoms with Crippen LogP contribution in [0.3, 0.4) is 0 Å². The minimum Gasteiger partial charge on any atom is -0.393 e.